The molecule has 0 radical (unpaired) electrons. The Labute approximate surface area is 200 Å². The Morgan fingerprint density at radius 1 is 1.00 bits per heavy atom. The maximum atomic E-state index is 14.0. The molecular formula is C26H26N4O5. The molecular weight excluding hydrogens is 448 g/mol. The number of benzene rings is 2. The van der Waals surface area contributed by atoms with Crippen molar-refractivity contribution >= 4 is 17.0 Å². The zero-order chi connectivity index (χ0) is 25.2. The average Bonchev–Trinajstić information content (AvgIpc) is 3.32. The number of rotatable bonds is 4. The van der Waals surface area contributed by atoms with Crippen LogP contribution in [-0.2, 0) is 26.9 Å². The Balaban J connectivity index is 1.87. The predicted molar refractivity (Wildman–Crippen MR) is 132 cm³/mol. The first-order valence-electron chi connectivity index (χ1n) is 11.5. The van der Waals surface area contributed by atoms with Crippen LogP contribution in [0.5, 0.6) is 0 Å². The number of carboxylic acid groups (broad SMARTS) is 1. The van der Waals surface area contributed by atoms with Crippen LogP contribution in [0.4, 0.5) is 0 Å². The molecule has 1 unspecified atom stereocenters. The van der Waals surface area contributed by atoms with Crippen molar-refractivity contribution in [3.05, 3.63) is 95.7 Å². The summed E-state index contributed by atoms with van der Waals surface area (Å²) < 4.78 is 5.39. The van der Waals surface area contributed by atoms with Crippen molar-refractivity contribution < 1.29 is 9.90 Å². The molecule has 2 heterocycles. The molecule has 1 aliphatic rings. The highest BCUT2D eigenvalue weighted by Crippen LogP contribution is 2.33. The monoisotopic (exact) mass is 474 g/mol. The first-order chi connectivity index (χ1) is 16.6. The first kappa shape index (κ1) is 22.6. The quantitative estimate of drug-likeness (QED) is 0.488. The molecule has 180 valence electrons. The molecule has 0 saturated heterocycles. The summed E-state index contributed by atoms with van der Waals surface area (Å²) in [6.07, 6.45) is 1.39. The van der Waals surface area contributed by atoms with E-state index in [9.17, 15) is 24.3 Å². The highest BCUT2D eigenvalue weighted by Gasteiger charge is 2.31. The standard InChI is InChI=1S/C26H26N4O5/c1-5-18-22(24(32)33)23(31)30(19-10-8-15-7-6-14(2)12-17(15)19)26(35)29(18)16-9-11-20-21(13-16)28(4)25(34)27(20)3/h6-7,9,11-13,19H,5,8,10H2,1-4H3,(H,32,33). The summed E-state index contributed by atoms with van der Waals surface area (Å²) in [6, 6.07) is 10.5. The van der Waals surface area contributed by atoms with Crippen molar-refractivity contribution in [2.45, 2.75) is 39.2 Å². The fraction of sp³-hybridized carbons (Fsp3) is 0.308. The number of carboxylic acids is 1. The van der Waals surface area contributed by atoms with Crippen LogP contribution in [0.15, 0.2) is 50.8 Å². The summed E-state index contributed by atoms with van der Waals surface area (Å²) in [6.45, 7) is 3.66. The smallest absolute Gasteiger partial charge is 0.343 e. The number of hydrogen-bond donors (Lipinski definition) is 1. The molecule has 9 heteroatoms. The highest BCUT2D eigenvalue weighted by atomic mass is 16.4. The number of aromatic nitrogens is 4. The molecule has 0 spiro atoms. The van der Waals surface area contributed by atoms with Crippen LogP contribution in [0.2, 0.25) is 0 Å². The summed E-state index contributed by atoms with van der Waals surface area (Å²) in [5.74, 6) is -1.37. The van der Waals surface area contributed by atoms with Gasteiger partial charge in [-0.05, 0) is 55.5 Å². The second kappa shape index (κ2) is 7.97. The van der Waals surface area contributed by atoms with Crippen LogP contribution in [0.1, 0.15) is 52.1 Å². The summed E-state index contributed by atoms with van der Waals surface area (Å²) in [4.78, 5) is 52.2. The number of imidazole rings is 1. The predicted octanol–water partition coefficient (Wildman–Crippen LogP) is 2.29. The molecule has 0 aliphatic heterocycles. The molecule has 0 amide bonds. The van der Waals surface area contributed by atoms with Gasteiger partial charge in [0, 0.05) is 19.8 Å². The highest BCUT2D eigenvalue weighted by molar-refractivity contribution is 5.88. The summed E-state index contributed by atoms with van der Waals surface area (Å²) in [5.41, 5.74) is 2.74. The van der Waals surface area contributed by atoms with Crippen molar-refractivity contribution in [3.63, 3.8) is 0 Å². The third kappa shape index (κ3) is 3.22. The van der Waals surface area contributed by atoms with Crippen LogP contribution < -0.4 is 16.9 Å². The van der Waals surface area contributed by atoms with Crippen molar-refractivity contribution in [2.24, 2.45) is 14.1 Å². The Morgan fingerprint density at radius 2 is 1.71 bits per heavy atom. The summed E-state index contributed by atoms with van der Waals surface area (Å²) >= 11 is 0. The van der Waals surface area contributed by atoms with Gasteiger partial charge in [0.25, 0.3) is 5.56 Å². The van der Waals surface area contributed by atoms with Crippen molar-refractivity contribution in [3.8, 4) is 5.69 Å². The van der Waals surface area contributed by atoms with Gasteiger partial charge >= 0.3 is 17.3 Å². The minimum absolute atomic E-state index is 0.131. The van der Waals surface area contributed by atoms with E-state index in [4.69, 9.17) is 0 Å². The second-order valence-corrected chi connectivity index (χ2v) is 9.10. The molecule has 1 N–H and O–H groups in total. The van der Waals surface area contributed by atoms with Crippen LogP contribution in [0.25, 0.3) is 16.7 Å². The van der Waals surface area contributed by atoms with E-state index in [0.717, 1.165) is 21.3 Å². The number of fused-ring (bicyclic) bond motifs is 2. The molecule has 1 aliphatic carbocycles. The Hall–Kier alpha value is -4.14. The van der Waals surface area contributed by atoms with Gasteiger partial charge in [0.1, 0.15) is 5.56 Å². The average molecular weight is 475 g/mol. The molecule has 0 bridgehead atoms. The minimum Gasteiger partial charge on any atom is -0.477 e. The van der Waals surface area contributed by atoms with Gasteiger partial charge in [-0.15, -0.1) is 0 Å². The van der Waals surface area contributed by atoms with Gasteiger partial charge in [-0.1, -0.05) is 30.7 Å². The largest absolute Gasteiger partial charge is 0.477 e. The molecule has 9 nitrogen and oxygen atoms in total. The zero-order valence-corrected chi connectivity index (χ0v) is 20.0. The lowest BCUT2D eigenvalue weighted by molar-refractivity contribution is 0.0691. The van der Waals surface area contributed by atoms with Crippen molar-refractivity contribution in [1.82, 2.24) is 18.3 Å². The maximum absolute atomic E-state index is 14.0. The van der Waals surface area contributed by atoms with Gasteiger partial charge < -0.3 is 5.11 Å². The van der Waals surface area contributed by atoms with Gasteiger partial charge in [-0.3, -0.25) is 23.1 Å². The lowest BCUT2D eigenvalue weighted by Crippen LogP contribution is -2.46. The fourth-order valence-electron chi connectivity index (χ4n) is 5.36. The molecule has 35 heavy (non-hydrogen) atoms. The Morgan fingerprint density at radius 3 is 2.40 bits per heavy atom. The molecule has 5 rings (SSSR count). The molecule has 2 aromatic carbocycles. The molecule has 4 aromatic rings. The third-order valence-corrected chi connectivity index (χ3v) is 7.11. The molecule has 1 atom stereocenters. The summed E-state index contributed by atoms with van der Waals surface area (Å²) in [5, 5.41) is 10.0. The van der Waals surface area contributed by atoms with Crippen molar-refractivity contribution in [2.75, 3.05) is 0 Å². The Kier molecular flexibility index (Phi) is 5.16. The zero-order valence-electron chi connectivity index (χ0n) is 20.0. The normalized spacial score (nSPS) is 15.0. The van der Waals surface area contributed by atoms with Gasteiger partial charge in [-0.25, -0.2) is 14.4 Å². The van der Waals surface area contributed by atoms with E-state index in [1.807, 2.05) is 25.1 Å². The summed E-state index contributed by atoms with van der Waals surface area (Å²) in [7, 11) is 3.30. The van der Waals surface area contributed by atoms with Crippen LogP contribution in [0, 0.1) is 6.92 Å². The van der Waals surface area contributed by atoms with E-state index in [1.165, 1.54) is 13.7 Å². The Bertz CT molecular complexity index is 1720. The number of nitrogens with zero attached hydrogens (tertiary/aromatic N) is 4. The third-order valence-electron chi connectivity index (χ3n) is 7.11. The SMILES string of the molecule is CCc1c(C(=O)O)c(=O)n(C2CCc3ccc(C)cc32)c(=O)n1-c1ccc2c(c1)n(C)c(=O)n2C. The number of aromatic carboxylic acids is 1. The number of carbonyl (C=O) groups is 1. The van der Waals surface area contributed by atoms with E-state index in [1.54, 1.807) is 39.2 Å². The molecule has 2 aromatic heterocycles. The van der Waals surface area contributed by atoms with Crippen LogP contribution in [0.3, 0.4) is 0 Å². The van der Waals surface area contributed by atoms with Crippen LogP contribution >= 0.6 is 0 Å². The maximum Gasteiger partial charge on any atom is 0.343 e. The van der Waals surface area contributed by atoms with E-state index >= 15 is 0 Å². The van der Waals surface area contributed by atoms with Gasteiger partial charge in [-0.2, -0.15) is 0 Å². The topological polar surface area (TPSA) is 108 Å². The van der Waals surface area contributed by atoms with Gasteiger partial charge in [0.15, 0.2) is 0 Å². The van der Waals surface area contributed by atoms with Crippen molar-refractivity contribution in [1.29, 1.82) is 0 Å². The lowest BCUT2D eigenvalue weighted by atomic mass is 10.0. The van der Waals surface area contributed by atoms with Gasteiger partial charge in [0.2, 0.25) is 0 Å². The molecule has 0 saturated carbocycles. The van der Waals surface area contributed by atoms with E-state index in [2.05, 4.69) is 0 Å². The minimum atomic E-state index is -1.37. The first-order valence-corrected chi connectivity index (χ1v) is 11.5. The van der Waals surface area contributed by atoms with Gasteiger partial charge in [0.05, 0.1) is 22.8 Å². The second-order valence-electron chi connectivity index (χ2n) is 9.10. The van der Waals surface area contributed by atoms with Crippen LogP contribution in [-0.4, -0.2) is 29.3 Å². The lowest BCUT2D eigenvalue weighted by Gasteiger charge is -2.21. The van der Waals surface area contributed by atoms with E-state index in [0.29, 0.717) is 29.6 Å². The molecule has 0 fully saturated rings. The fourth-order valence-corrected chi connectivity index (χ4v) is 5.36. The number of hydrogen-bond acceptors (Lipinski definition) is 4. The van der Waals surface area contributed by atoms with E-state index in [-0.39, 0.29) is 17.8 Å². The van der Waals surface area contributed by atoms with E-state index < -0.39 is 28.8 Å². The number of aryl methyl sites for hydroxylation is 4.